The number of piperazine rings is 1. The number of nitrogens with zero attached hydrogens (tertiary/aromatic N) is 2. The Morgan fingerprint density at radius 1 is 1.12 bits per heavy atom. The highest BCUT2D eigenvalue weighted by molar-refractivity contribution is 7.89. The molecular formula is C17H24N2O5S. The van der Waals surface area contributed by atoms with Crippen molar-refractivity contribution in [2.24, 2.45) is 0 Å². The maximum absolute atomic E-state index is 12.7. The zero-order valence-electron chi connectivity index (χ0n) is 14.8. The second kappa shape index (κ2) is 8.07. The Balaban J connectivity index is 2.03. The monoisotopic (exact) mass is 368 g/mol. The summed E-state index contributed by atoms with van der Waals surface area (Å²) in [6.07, 6.45) is -0.521. The van der Waals surface area contributed by atoms with Crippen LogP contribution in [-0.2, 0) is 19.6 Å². The van der Waals surface area contributed by atoms with E-state index in [0.717, 1.165) is 0 Å². The molecule has 2 rings (SSSR count). The smallest absolute Gasteiger partial charge is 0.251 e. The largest absolute Gasteiger partial charge is 0.369 e. The highest BCUT2D eigenvalue weighted by Crippen LogP contribution is 2.19. The van der Waals surface area contributed by atoms with Gasteiger partial charge >= 0.3 is 0 Å². The molecule has 1 heterocycles. The fraction of sp³-hybridized carbons (Fsp3) is 0.529. The molecule has 1 fully saturated rings. The van der Waals surface area contributed by atoms with Gasteiger partial charge in [0.2, 0.25) is 10.0 Å². The molecule has 8 heteroatoms. The fourth-order valence-electron chi connectivity index (χ4n) is 2.74. The first-order chi connectivity index (χ1) is 11.8. The topological polar surface area (TPSA) is 84.0 Å². The Kier molecular flexibility index (Phi) is 6.31. The molecule has 138 valence electrons. The molecule has 1 aromatic carbocycles. The maximum atomic E-state index is 12.7. The predicted octanol–water partition coefficient (Wildman–Crippen LogP) is 1.15. The Hall–Kier alpha value is -1.77. The summed E-state index contributed by atoms with van der Waals surface area (Å²) >= 11 is 0. The van der Waals surface area contributed by atoms with Crippen molar-refractivity contribution in [3.8, 4) is 0 Å². The standard InChI is InChI=1S/C17H24N2O5S/c1-4-24-14(3)17(21)18-9-11-19(12-10-18)25(22,23)16-7-5-15(6-8-16)13(2)20/h5-8,14H,4,9-12H2,1-3H3. The fourth-order valence-corrected chi connectivity index (χ4v) is 4.16. The molecule has 0 aromatic heterocycles. The number of rotatable bonds is 6. The average molecular weight is 368 g/mol. The van der Waals surface area contributed by atoms with Gasteiger partial charge < -0.3 is 9.64 Å². The van der Waals surface area contributed by atoms with Crippen LogP contribution in [0, 0.1) is 0 Å². The summed E-state index contributed by atoms with van der Waals surface area (Å²) in [6.45, 7) is 6.56. The number of benzene rings is 1. The molecule has 1 atom stereocenters. The highest BCUT2D eigenvalue weighted by Gasteiger charge is 2.31. The molecule has 1 saturated heterocycles. The van der Waals surface area contributed by atoms with Crippen LogP contribution in [0.5, 0.6) is 0 Å². The van der Waals surface area contributed by atoms with Gasteiger partial charge in [-0.05, 0) is 32.9 Å². The summed E-state index contributed by atoms with van der Waals surface area (Å²) in [5.74, 6) is -0.232. The number of ketones is 1. The van der Waals surface area contributed by atoms with Gasteiger partial charge in [0.1, 0.15) is 6.10 Å². The molecule has 0 bridgehead atoms. The maximum Gasteiger partial charge on any atom is 0.251 e. The summed E-state index contributed by atoms with van der Waals surface area (Å²) in [5, 5.41) is 0. The first-order valence-corrected chi connectivity index (χ1v) is 9.73. The number of Topliss-reactive ketones (excluding diaryl/α,β-unsaturated/α-hetero) is 1. The summed E-state index contributed by atoms with van der Waals surface area (Å²) in [7, 11) is -3.63. The van der Waals surface area contributed by atoms with Gasteiger partial charge in [-0.2, -0.15) is 4.31 Å². The molecule has 0 spiro atoms. The quantitative estimate of drug-likeness (QED) is 0.703. The van der Waals surface area contributed by atoms with E-state index >= 15 is 0 Å². The lowest BCUT2D eigenvalue weighted by atomic mass is 10.2. The number of ether oxygens (including phenoxy) is 1. The Morgan fingerprint density at radius 2 is 1.68 bits per heavy atom. The molecule has 0 saturated carbocycles. The van der Waals surface area contributed by atoms with E-state index in [-0.39, 0.29) is 29.7 Å². The summed E-state index contributed by atoms with van der Waals surface area (Å²) in [4.78, 5) is 25.3. The lowest BCUT2D eigenvalue weighted by molar-refractivity contribution is -0.143. The van der Waals surface area contributed by atoms with Gasteiger partial charge in [0.15, 0.2) is 5.78 Å². The van der Waals surface area contributed by atoms with Gasteiger partial charge in [-0.15, -0.1) is 0 Å². The van der Waals surface area contributed by atoms with Gasteiger partial charge in [0, 0.05) is 38.3 Å². The molecule has 1 amide bonds. The number of hydrogen-bond acceptors (Lipinski definition) is 5. The molecule has 0 N–H and O–H groups in total. The molecular weight excluding hydrogens is 344 g/mol. The van der Waals surface area contributed by atoms with E-state index < -0.39 is 16.1 Å². The minimum absolute atomic E-state index is 0.112. The van der Waals surface area contributed by atoms with Gasteiger partial charge in [0.25, 0.3) is 5.91 Å². The van der Waals surface area contributed by atoms with E-state index in [4.69, 9.17) is 4.74 Å². The lowest BCUT2D eigenvalue weighted by Crippen LogP contribution is -2.52. The Labute approximate surface area is 148 Å². The van der Waals surface area contributed by atoms with Crippen molar-refractivity contribution in [3.63, 3.8) is 0 Å². The molecule has 1 aromatic rings. The molecule has 0 radical (unpaired) electrons. The van der Waals surface area contributed by atoms with Crippen molar-refractivity contribution in [3.05, 3.63) is 29.8 Å². The summed E-state index contributed by atoms with van der Waals surface area (Å²) in [5.41, 5.74) is 0.472. The minimum Gasteiger partial charge on any atom is -0.369 e. The normalized spacial score (nSPS) is 17.3. The predicted molar refractivity (Wildman–Crippen MR) is 92.9 cm³/mol. The van der Waals surface area contributed by atoms with Crippen LogP contribution in [-0.4, -0.2) is 68.2 Å². The van der Waals surface area contributed by atoms with Gasteiger partial charge in [-0.1, -0.05) is 12.1 Å². The van der Waals surface area contributed by atoms with E-state index in [2.05, 4.69) is 0 Å². The molecule has 0 aliphatic carbocycles. The van der Waals surface area contributed by atoms with Crippen LogP contribution < -0.4 is 0 Å². The zero-order valence-corrected chi connectivity index (χ0v) is 15.6. The third kappa shape index (κ3) is 4.45. The van der Waals surface area contributed by atoms with E-state index in [1.165, 1.54) is 35.5 Å². The average Bonchev–Trinajstić information content (AvgIpc) is 2.61. The molecule has 1 unspecified atom stereocenters. The lowest BCUT2D eigenvalue weighted by Gasteiger charge is -2.35. The van der Waals surface area contributed by atoms with E-state index in [9.17, 15) is 18.0 Å². The number of carbonyl (C=O) groups is 2. The minimum atomic E-state index is -3.63. The SMILES string of the molecule is CCOC(C)C(=O)N1CCN(S(=O)(=O)c2ccc(C(C)=O)cc2)CC1. The number of amides is 1. The van der Waals surface area contributed by atoms with Crippen molar-refractivity contribution >= 4 is 21.7 Å². The van der Waals surface area contributed by atoms with Crippen molar-refractivity contribution in [2.75, 3.05) is 32.8 Å². The van der Waals surface area contributed by atoms with Crippen LogP contribution in [0.1, 0.15) is 31.1 Å². The van der Waals surface area contributed by atoms with Gasteiger partial charge in [-0.3, -0.25) is 9.59 Å². The first kappa shape index (κ1) is 19.6. The zero-order chi connectivity index (χ0) is 18.6. The highest BCUT2D eigenvalue weighted by atomic mass is 32.2. The summed E-state index contributed by atoms with van der Waals surface area (Å²) in [6, 6.07) is 5.92. The van der Waals surface area contributed by atoms with Crippen LogP contribution in [0.3, 0.4) is 0 Å². The van der Waals surface area contributed by atoms with Gasteiger partial charge in [0.05, 0.1) is 4.90 Å². The Bertz CT molecular complexity index is 722. The van der Waals surface area contributed by atoms with Crippen molar-refractivity contribution in [2.45, 2.75) is 31.8 Å². The van der Waals surface area contributed by atoms with E-state index in [1.807, 2.05) is 6.92 Å². The number of sulfonamides is 1. The van der Waals surface area contributed by atoms with Crippen LogP contribution in [0.15, 0.2) is 29.2 Å². The van der Waals surface area contributed by atoms with Crippen LogP contribution in [0.2, 0.25) is 0 Å². The van der Waals surface area contributed by atoms with Crippen LogP contribution >= 0.6 is 0 Å². The summed E-state index contributed by atoms with van der Waals surface area (Å²) < 4.78 is 32.1. The van der Waals surface area contributed by atoms with Crippen LogP contribution in [0.25, 0.3) is 0 Å². The molecule has 25 heavy (non-hydrogen) atoms. The van der Waals surface area contributed by atoms with Crippen molar-refractivity contribution in [1.29, 1.82) is 0 Å². The Morgan fingerprint density at radius 3 is 2.16 bits per heavy atom. The van der Waals surface area contributed by atoms with E-state index in [0.29, 0.717) is 25.3 Å². The molecule has 1 aliphatic heterocycles. The van der Waals surface area contributed by atoms with E-state index in [1.54, 1.807) is 11.8 Å². The van der Waals surface area contributed by atoms with Crippen LogP contribution in [0.4, 0.5) is 0 Å². The number of carbonyl (C=O) groups excluding carboxylic acids is 2. The molecule has 1 aliphatic rings. The molecule has 7 nitrogen and oxygen atoms in total. The second-order valence-corrected chi connectivity index (χ2v) is 7.85. The van der Waals surface area contributed by atoms with Gasteiger partial charge in [-0.25, -0.2) is 8.42 Å². The third-order valence-corrected chi connectivity index (χ3v) is 6.13. The second-order valence-electron chi connectivity index (χ2n) is 5.91. The van der Waals surface area contributed by atoms with Crippen molar-refractivity contribution < 1.29 is 22.7 Å². The third-order valence-electron chi connectivity index (χ3n) is 4.21. The number of hydrogen-bond donors (Lipinski definition) is 0. The van der Waals surface area contributed by atoms with Crippen molar-refractivity contribution in [1.82, 2.24) is 9.21 Å². The first-order valence-electron chi connectivity index (χ1n) is 8.29.